The summed E-state index contributed by atoms with van der Waals surface area (Å²) >= 11 is 5.07. The Labute approximate surface area is 155 Å². The number of piperidine rings is 2. The maximum Gasteiger partial charge on any atom is 0.261 e. The van der Waals surface area contributed by atoms with Gasteiger partial charge in [0, 0.05) is 21.8 Å². The molecule has 128 valence electrons. The van der Waals surface area contributed by atoms with Gasteiger partial charge in [0.2, 0.25) is 0 Å². The first kappa shape index (κ1) is 16.6. The number of fused-ring (bicyclic) bond motifs is 2. The van der Waals surface area contributed by atoms with Crippen LogP contribution in [-0.2, 0) is 0 Å². The van der Waals surface area contributed by atoms with Gasteiger partial charge in [0.15, 0.2) is 0 Å². The molecular weight excluding hydrogens is 384 g/mol. The Morgan fingerprint density at radius 2 is 2.08 bits per heavy atom. The first-order valence-corrected chi connectivity index (χ1v) is 10.5. The molecule has 2 aromatic rings. The van der Waals surface area contributed by atoms with Gasteiger partial charge in [-0.15, -0.1) is 11.3 Å². The van der Waals surface area contributed by atoms with Crippen LogP contribution in [0.2, 0.25) is 0 Å². The fourth-order valence-electron chi connectivity index (χ4n) is 4.24. The Balaban J connectivity index is 1.41. The Morgan fingerprint density at radius 1 is 1.21 bits per heavy atom. The van der Waals surface area contributed by atoms with Crippen molar-refractivity contribution in [3.8, 4) is 0 Å². The lowest BCUT2D eigenvalue weighted by Crippen LogP contribution is -2.50. The smallest absolute Gasteiger partial charge is 0.261 e. The van der Waals surface area contributed by atoms with E-state index in [4.69, 9.17) is 0 Å². The average Bonchev–Trinajstić information content (AvgIpc) is 3.03. The summed E-state index contributed by atoms with van der Waals surface area (Å²) in [5.74, 6) is 0.701. The SMILES string of the molecule is O=C(NC[C@H]1CCCN2CCCC[C@H]12)c1cc2ccc(Br)cc2s1. The lowest BCUT2D eigenvalue weighted by atomic mass is 9.83. The lowest BCUT2D eigenvalue weighted by molar-refractivity contribution is 0.0576. The summed E-state index contributed by atoms with van der Waals surface area (Å²) < 4.78 is 2.22. The molecule has 0 radical (unpaired) electrons. The summed E-state index contributed by atoms with van der Waals surface area (Å²) in [5.41, 5.74) is 0. The highest BCUT2D eigenvalue weighted by Gasteiger charge is 2.33. The molecule has 1 aromatic carbocycles. The molecule has 0 unspecified atom stereocenters. The molecule has 0 aliphatic carbocycles. The quantitative estimate of drug-likeness (QED) is 0.803. The molecule has 5 heteroatoms. The molecule has 0 spiro atoms. The van der Waals surface area contributed by atoms with Crippen LogP contribution >= 0.6 is 27.3 Å². The lowest BCUT2D eigenvalue weighted by Gasteiger charge is -2.44. The zero-order valence-corrected chi connectivity index (χ0v) is 16.2. The van der Waals surface area contributed by atoms with E-state index in [1.54, 1.807) is 11.3 Å². The van der Waals surface area contributed by atoms with Crippen molar-refractivity contribution in [3.63, 3.8) is 0 Å². The standard InChI is InChI=1S/C19H23BrN2OS/c20-15-7-6-13-10-18(24-17(13)11-15)19(23)21-12-14-4-3-9-22-8-2-1-5-16(14)22/h6-7,10-11,14,16H,1-5,8-9,12H2,(H,21,23)/t14-,16-/m1/s1. The summed E-state index contributed by atoms with van der Waals surface area (Å²) in [4.78, 5) is 16.0. The van der Waals surface area contributed by atoms with E-state index in [1.807, 2.05) is 12.1 Å². The van der Waals surface area contributed by atoms with Crippen LogP contribution in [0, 0.1) is 5.92 Å². The number of nitrogens with one attached hydrogen (secondary N) is 1. The van der Waals surface area contributed by atoms with Crippen molar-refractivity contribution in [2.75, 3.05) is 19.6 Å². The number of amides is 1. The van der Waals surface area contributed by atoms with Crippen LogP contribution in [0.15, 0.2) is 28.7 Å². The second-order valence-corrected chi connectivity index (χ2v) is 9.00. The zero-order valence-electron chi connectivity index (χ0n) is 13.8. The molecule has 4 rings (SSSR count). The van der Waals surface area contributed by atoms with Crippen LogP contribution in [0.4, 0.5) is 0 Å². The summed E-state index contributed by atoms with van der Waals surface area (Å²) in [5, 5.41) is 4.35. The normalized spacial score (nSPS) is 24.7. The molecule has 2 fully saturated rings. The molecule has 1 amide bonds. The van der Waals surface area contributed by atoms with Gasteiger partial charge in [0.1, 0.15) is 0 Å². The van der Waals surface area contributed by atoms with E-state index < -0.39 is 0 Å². The van der Waals surface area contributed by atoms with Crippen LogP contribution < -0.4 is 5.32 Å². The van der Waals surface area contributed by atoms with Gasteiger partial charge in [-0.05, 0) is 68.3 Å². The van der Waals surface area contributed by atoms with Crippen molar-refractivity contribution in [2.24, 2.45) is 5.92 Å². The van der Waals surface area contributed by atoms with E-state index in [9.17, 15) is 4.79 Å². The van der Waals surface area contributed by atoms with Gasteiger partial charge in [0.05, 0.1) is 4.88 Å². The first-order chi connectivity index (χ1) is 11.7. The monoisotopic (exact) mass is 406 g/mol. The van der Waals surface area contributed by atoms with Crippen molar-refractivity contribution in [3.05, 3.63) is 33.6 Å². The maximum absolute atomic E-state index is 12.6. The second-order valence-electron chi connectivity index (χ2n) is 7.00. The Kier molecular flexibility index (Phi) is 4.93. The topological polar surface area (TPSA) is 32.3 Å². The molecule has 0 bridgehead atoms. The number of carbonyl (C=O) groups is 1. The Hall–Kier alpha value is -0.910. The van der Waals surface area contributed by atoms with E-state index in [2.05, 4.69) is 38.3 Å². The molecule has 3 nitrogen and oxygen atoms in total. The highest BCUT2D eigenvalue weighted by molar-refractivity contribution is 9.10. The number of rotatable bonds is 3. The van der Waals surface area contributed by atoms with Crippen molar-refractivity contribution in [1.29, 1.82) is 0 Å². The van der Waals surface area contributed by atoms with Crippen molar-refractivity contribution < 1.29 is 4.79 Å². The van der Waals surface area contributed by atoms with Crippen LogP contribution in [0.1, 0.15) is 41.8 Å². The van der Waals surface area contributed by atoms with Crippen molar-refractivity contribution in [2.45, 2.75) is 38.1 Å². The third kappa shape index (κ3) is 3.39. The van der Waals surface area contributed by atoms with Gasteiger partial charge in [0.25, 0.3) is 5.91 Å². The molecule has 2 atom stereocenters. The van der Waals surface area contributed by atoms with E-state index in [-0.39, 0.29) is 5.91 Å². The summed E-state index contributed by atoms with van der Waals surface area (Å²) in [6.45, 7) is 3.32. The summed E-state index contributed by atoms with van der Waals surface area (Å²) in [6.07, 6.45) is 6.51. The van der Waals surface area contributed by atoms with Crippen LogP contribution in [0.5, 0.6) is 0 Å². The highest BCUT2D eigenvalue weighted by Crippen LogP contribution is 2.31. The Morgan fingerprint density at radius 3 is 3.00 bits per heavy atom. The van der Waals surface area contributed by atoms with E-state index in [1.165, 1.54) is 45.2 Å². The predicted octanol–water partition coefficient (Wildman–Crippen LogP) is 4.66. The summed E-state index contributed by atoms with van der Waals surface area (Å²) in [6, 6.07) is 8.86. The molecule has 0 saturated carbocycles. The van der Waals surface area contributed by atoms with E-state index >= 15 is 0 Å². The van der Waals surface area contributed by atoms with Crippen molar-refractivity contribution in [1.82, 2.24) is 10.2 Å². The van der Waals surface area contributed by atoms with Gasteiger partial charge in [-0.1, -0.05) is 28.4 Å². The van der Waals surface area contributed by atoms with Gasteiger partial charge < -0.3 is 10.2 Å². The first-order valence-electron chi connectivity index (χ1n) is 8.92. The number of thiophene rings is 1. The van der Waals surface area contributed by atoms with Gasteiger partial charge >= 0.3 is 0 Å². The van der Waals surface area contributed by atoms with Gasteiger partial charge in [-0.3, -0.25) is 4.79 Å². The maximum atomic E-state index is 12.6. The molecule has 1 N–H and O–H groups in total. The molecular formula is C19H23BrN2OS. The molecule has 3 heterocycles. The zero-order chi connectivity index (χ0) is 16.5. The van der Waals surface area contributed by atoms with Gasteiger partial charge in [-0.25, -0.2) is 0 Å². The largest absolute Gasteiger partial charge is 0.351 e. The fourth-order valence-corrected chi connectivity index (χ4v) is 5.77. The molecule has 2 aliphatic heterocycles. The van der Waals surface area contributed by atoms with Gasteiger partial charge in [-0.2, -0.15) is 0 Å². The fraction of sp³-hybridized carbons (Fsp3) is 0.526. The number of hydrogen-bond donors (Lipinski definition) is 1. The van der Waals surface area contributed by atoms with Crippen molar-refractivity contribution >= 4 is 43.3 Å². The third-order valence-corrected chi connectivity index (χ3v) is 7.05. The molecule has 2 saturated heterocycles. The molecule has 2 aliphatic rings. The Bertz CT molecular complexity index is 742. The number of halogens is 1. The number of benzene rings is 1. The third-order valence-electron chi connectivity index (χ3n) is 5.46. The number of nitrogens with zero attached hydrogens (tertiary/aromatic N) is 1. The average molecular weight is 407 g/mol. The van der Waals surface area contributed by atoms with E-state index in [0.717, 1.165) is 26.0 Å². The van der Waals surface area contributed by atoms with E-state index in [0.29, 0.717) is 12.0 Å². The minimum atomic E-state index is 0.0836. The van der Waals surface area contributed by atoms with Crippen LogP contribution in [0.25, 0.3) is 10.1 Å². The second kappa shape index (κ2) is 7.14. The molecule has 1 aromatic heterocycles. The minimum Gasteiger partial charge on any atom is -0.351 e. The minimum absolute atomic E-state index is 0.0836. The number of carbonyl (C=O) groups excluding carboxylic acids is 1. The van der Waals surface area contributed by atoms with Crippen LogP contribution in [0.3, 0.4) is 0 Å². The summed E-state index contributed by atoms with van der Waals surface area (Å²) in [7, 11) is 0. The van der Waals surface area contributed by atoms with Crippen LogP contribution in [-0.4, -0.2) is 36.5 Å². The molecule has 24 heavy (non-hydrogen) atoms. The highest BCUT2D eigenvalue weighted by atomic mass is 79.9. The predicted molar refractivity (Wildman–Crippen MR) is 104 cm³/mol. The number of hydrogen-bond acceptors (Lipinski definition) is 3.